The van der Waals surface area contributed by atoms with Gasteiger partial charge >= 0.3 is 5.97 Å². The van der Waals surface area contributed by atoms with E-state index in [2.05, 4.69) is 4.72 Å². The number of hydrogen-bond donors (Lipinski definition) is 1. The summed E-state index contributed by atoms with van der Waals surface area (Å²) in [6, 6.07) is 14.1. The van der Waals surface area contributed by atoms with E-state index < -0.39 is 34.5 Å². The molecule has 0 unspecified atom stereocenters. The number of ketones is 1. The molecule has 0 spiro atoms. The first-order chi connectivity index (χ1) is 13.2. The van der Waals surface area contributed by atoms with Crippen molar-refractivity contribution in [3.8, 4) is 11.8 Å². The lowest BCUT2D eigenvalue weighted by atomic mass is 10.1. The standard InChI is InChI=1S/C19H18N2O6S/c1-13(19(23)14-7-9-16(10-8-14)21-28(2,24)25)27-18(22)12-26-17-6-4-3-5-15(17)11-20/h3-10,13,21H,12H2,1-2H3/t13-/m0/s1. The Morgan fingerprint density at radius 3 is 2.39 bits per heavy atom. The molecule has 8 nitrogen and oxygen atoms in total. The Balaban J connectivity index is 1.92. The normalized spacial score (nSPS) is 11.8. The number of rotatable bonds is 8. The summed E-state index contributed by atoms with van der Waals surface area (Å²) in [6.07, 6.45) is -0.0407. The van der Waals surface area contributed by atoms with Gasteiger partial charge in [0.25, 0.3) is 0 Å². The summed E-state index contributed by atoms with van der Waals surface area (Å²) in [5.74, 6) is -0.962. The molecule has 0 bridgehead atoms. The fraction of sp³-hybridized carbons (Fsp3) is 0.211. The quantitative estimate of drug-likeness (QED) is 0.530. The van der Waals surface area contributed by atoms with Crippen molar-refractivity contribution in [1.82, 2.24) is 0 Å². The van der Waals surface area contributed by atoms with E-state index in [0.717, 1.165) is 6.26 Å². The molecule has 1 N–H and O–H groups in total. The Bertz CT molecular complexity index is 1010. The lowest BCUT2D eigenvalue weighted by Gasteiger charge is -2.13. The molecule has 0 saturated heterocycles. The Morgan fingerprint density at radius 2 is 1.79 bits per heavy atom. The van der Waals surface area contributed by atoms with Gasteiger partial charge in [-0.05, 0) is 43.3 Å². The third-order valence-corrected chi connectivity index (χ3v) is 4.11. The Kier molecular flexibility index (Phi) is 6.74. The first kappa shape index (κ1) is 20.9. The lowest BCUT2D eigenvalue weighted by molar-refractivity contribution is -0.148. The maximum absolute atomic E-state index is 12.4. The summed E-state index contributed by atoms with van der Waals surface area (Å²) in [5.41, 5.74) is 0.852. The highest BCUT2D eigenvalue weighted by atomic mass is 32.2. The highest BCUT2D eigenvalue weighted by Crippen LogP contribution is 2.17. The first-order valence-corrected chi connectivity index (χ1v) is 10.0. The van der Waals surface area contributed by atoms with Crippen LogP contribution in [0.2, 0.25) is 0 Å². The Hall–Kier alpha value is -3.38. The zero-order valence-electron chi connectivity index (χ0n) is 15.2. The van der Waals surface area contributed by atoms with Crippen LogP contribution in [0.4, 0.5) is 5.69 Å². The lowest BCUT2D eigenvalue weighted by Crippen LogP contribution is -2.27. The minimum absolute atomic E-state index is 0.245. The molecule has 0 aliphatic rings. The van der Waals surface area contributed by atoms with Gasteiger partial charge in [-0.25, -0.2) is 13.2 Å². The average Bonchev–Trinajstić information content (AvgIpc) is 2.65. The van der Waals surface area contributed by atoms with E-state index in [9.17, 15) is 18.0 Å². The second kappa shape index (κ2) is 9.01. The molecule has 0 amide bonds. The average molecular weight is 402 g/mol. The van der Waals surface area contributed by atoms with Gasteiger partial charge in [0.1, 0.15) is 11.8 Å². The summed E-state index contributed by atoms with van der Waals surface area (Å²) >= 11 is 0. The number of nitrogens with zero attached hydrogens (tertiary/aromatic N) is 1. The number of ether oxygens (including phenoxy) is 2. The van der Waals surface area contributed by atoms with E-state index in [1.165, 1.54) is 31.2 Å². The van der Waals surface area contributed by atoms with Crippen LogP contribution in [0.5, 0.6) is 5.75 Å². The van der Waals surface area contributed by atoms with Gasteiger partial charge in [-0.3, -0.25) is 9.52 Å². The van der Waals surface area contributed by atoms with Gasteiger partial charge < -0.3 is 9.47 Å². The van der Waals surface area contributed by atoms with E-state index >= 15 is 0 Å². The molecule has 0 saturated carbocycles. The predicted octanol–water partition coefficient (Wildman–Crippen LogP) is 2.12. The molecule has 0 aliphatic heterocycles. The minimum Gasteiger partial charge on any atom is -0.481 e. The number of hydrogen-bond acceptors (Lipinski definition) is 7. The van der Waals surface area contributed by atoms with Gasteiger partial charge in [-0.2, -0.15) is 5.26 Å². The number of sulfonamides is 1. The highest BCUT2D eigenvalue weighted by Gasteiger charge is 2.20. The van der Waals surface area contributed by atoms with E-state index in [1.54, 1.807) is 24.3 Å². The maximum Gasteiger partial charge on any atom is 0.344 e. The second-order valence-electron chi connectivity index (χ2n) is 5.84. The van der Waals surface area contributed by atoms with Crippen LogP contribution in [0.3, 0.4) is 0 Å². The van der Waals surface area contributed by atoms with Crippen LogP contribution in [0.15, 0.2) is 48.5 Å². The van der Waals surface area contributed by atoms with E-state index in [-0.39, 0.29) is 16.9 Å². The van der Waals surface area contributed by atoms with Crippen LogP contribution in [-0.2, 0) is 19.6 Å². The SMILES string of the molecule is C[C@H](OC(=O)COc1ccccc1C#N)C(=O)c1ccc(NS(C)(=O)=O)cc1. The van der Waals surface area contributed by atoms with Crippen LogP contribution >= 0.6 is 0 Å². The van der Waals surface area contributed by atoms with Crippen LogP contribution in [-0.4, -0.2) is 39.1 Å². The van der Waals surface area contributed by atoms with Gasteiger partial charge in [0, 0.05) is 11.3 Å². The molecule has 0 aromatic heterocycles. The molecule has 0 radical (unpaired) electrons. The zero-order chi connectivity index (χ0) is 20.7. The van der Waals surface area contributed by atoms with Crippen molar-refractivity contribution in [2.45, 2.75) is 13.0 Å². The van der Waals surface area contributed by atoms with Crippen molar-refractivity contribution in [1.29, 1.82) is 5.26 Å². The van der Waals surface area contributed by atoms with Crippen molar-refractivity contribution in [3.63, 3.8) is 0 Å². The number of para-hydroxylation sites is 1. The van der Waals surface area contributed by atoms with Crippen LogP contribution in [0.25, 0.3) is 0 Å². The van der Waals surface area contributed by atoms with Gasteiger partial charge in [-0.1, -0.05) is 12.1 Å². The summed E-state index contributed by atoms with van der Waals surface area (Å²) in [4.78, 5) is 24.3. The Labute approximate surface area is 162 Å². The number of benzene rings is 2. The molecule has 0 aliphatic carbocycles. The summed E-state index contributed by atoms with van der Waals surface area (Å²) in [5, 5.41) is 8.98. The Morgan fingerprint density at radius 1 is 1.14 bits per heavy atom. The zero-order valence-corrected chi connectivity index (χ0v) is 16.0. The smallest absolute Gasteiger partial charge is 0.344 e. The van der Waals surface area contributed by atoms with E-state index in [4.69, 9.17) is 14.7 Å². The molecule has 146 valence electrons. The number of esters is 1. The summed E-state index contributed by atoms with van der Waals surface area (Å²) in [7, 11) is -3.42. The highest BCUT2D eigenvalue weighted by molar-refractivity contribution is 7.92. The molecule has 9 heteroatoms. The molecule has 2 rings (SSSR count). The van der Waals surface area contributed by atoms with Gasteiger partial charge in [0.05, 0.1) is 11.8 Å². The van der Waals surface area contributed by atoms with Gasteiger partial charge in [0.2, 0.25) is 15.8 Å². The van der Waals surface area contributed by atoms with Crippen LogP contribution in [0, 0.1) is 11.3 Å². The van der Waals surface area contributed by atoms with Crippen LogP contribution < -0.4 is 9.46 Å². The molecule has 0 fully saturated rings. The molecular weight excluding hydrogens is 384 g/mol. The molecule has 1 atom stereocenters. The molecular formula is C19H18N2O6S. The fourth-order valence-corrected chi connectivity index (χ4v) is 2.82. The van der Waals surface area contributed by atoms with Crippen molar-refractivity contribution >= 4 is 27.5 Å². The first-order valence-electron chi connectivity index (χ1n) is 8.13. The van der Waals surface area contributed by atoms with Gasteiger partial charge in [-0.15, -0.1) is 0 Å². The van der Waals surface area contributed by atoms with Crippen molar-refractivity contribution in [2.75, 3.05) is 17.6 Å². The van der Waals surface area contributed by atoms with E-state index in [0.29, 0.717) is 5.69 Å². The number of carbonyl (C=O) groups excluding carboxylic acids is 2. The third-order valence-electron chi connectivity index (χ3n) is 3.50. The second-order valence-corrected chi connectivity index (χ2v) is 7.59. The van der Waals surface area contributed by atoms with Gasteiger partial charge in [0.15, 0.2) is 12.7 Å². The topological polar surface area (TPSA) is 123 Å². The third kappa shape index (κ3) is 6.10. The van der Waals surface area contributed by atoms with Crippen molar-refractivity contribution in [2.24, 2.45) is 0 Å². The number of carbonyl (C=O) groups is 2. The minimum atomic E-state index is -3.42. The summed E-state index contributed by atoms with van der Waals surface area (Å²) in [6.45, 7) is 0.972. The molecule has 28 heavy (non-hydrogen) atoms. The molecule has 2 aromatic carbocycles. The fourth-order valence-electron chi connectivity index (χ4n) is 2.26. The number of Topliss-reactive ketones (excluding diaryl/α,β-unsaturated/α-hetero) is 1. The van der Waals surface area contributed by atoms with E-state index in [1.807, 2.05) is 6.07 Å². The monoisotopic (exact) mass is 402 g/mol. The largest absolute Gasteiger partial charge is 0.481 e. The maximum atomic E-state index is 12.4. The number of anilines is 1. The molecule has 2 aromatic rings. The van der Waals surface area contributed by atoms with Crippen molar-refractivity contribution in [3.05, 3.63) is 59.7 Å². The number of nitrogens with one attached hydrogen (secondary N) is 1. The predicted molar refractivity (Wildman–Crippen MR) is 101 cm³/mol. The number of nitriles is 1. The van der Waals surface area contributed by atoms with Crippen molar-refractivity contribution < 1.29 is 27.5 Å². The summed E-state index contributed by atoms with van der Waals surface area (Å²) < 4.78 is 35.0. The van der Waals surface area contributed by atoms with Crippen LogP contribution in [0.1, 0.15) is 22.8 Å². The molecule has 0 heterocycles.